The van der Waals surface area contributed by atoms with Gasteiger partial charge in [0.2, 0.25) is 0 Å². The van der Waals surface area contributed by atoms with Gasteiger partial charge in [-0.25, -0.2) is 0 Å². The van der Waals surface area contributed by atoms with Gasteiger partial charge in [-0.1, -0.05) is 109 Å². The third-order valence-electron chi connectivity index (χ3n) is 13.8. The molecule has 0 N–H and O–H groups in total. The summed E-state index contributed by atoms with van der Waals surface area (Å²) in [6.45, 7) is 0. The van der Waals surface area contributed by atoms with Gasteiger partial charge in [-0.2, -0.15) is 0 Å². The topological polar surface area (TPSA) is 60.6 Å². The van der Waals surface area contributed by atoms with Crippen molar-refractivity contribution in [3.8, 4) is 34.4 Å². The Labute approximate surface area is 389 Å². The maximum atomic E-state index is 6.93. The van der Waals surface area contributed by atoms with Crippen LogP contribution < -0.4 is 19.3 Å². The predicted octanol–water partition coefficient (Wildman–Crippen LogP) is 16.1. The van der Waals surface area contributed by atoms with Crippen LogP contribution in [0, 0.1) is 0 Å². The average molecular weight is 873 g/mol. The summed E-state index contributed by atoms with van der Waals surface area (Å²) in [5, 5.41) is 8.87. The van der Waals surface area contributed by atoms with Crippen LogP contribution in [0.2, 0.25) is 0 Å². The number of benzene rings is 9. The molecule has 0 amide bonds. The summed E-state index contributed by atoms with van der Waals surface area (Å²) in [4.78, 5) is 13.9. The van der Waals surface area contributed by atoms with Crippen LogP contribution in [0.3, 0.4) is 0 Å². The summed E-state index contributed by atoms with van der Waals surface area (Å²) >= 11 is 0. The largest absolute Gasteiger partial charge is 0.453 e. The maximum Gasteiger partial charge on any atom is 0.152 e. The molecule has 0 saturated heterocycles. The molecule has 0 aliphatic carbocycles. The molecule has 0 bridgehead atoms. The van der Waals surface area contributed by atoms with Crippen LogP contribution in [0.5, 0.6) is 23.0 Å². The van der Waals surface area contributed by atoms with Crippen LogP contribution in [-0.4, -0.2) is 19.1 Å². The summed E-state index contributed by atoms with van der Waals surface area (Å²) in [6.07, 6.45) is 7.51. The fourth-order valence-electron chi connectivity index (χ4n) is 11.0. The van der Waals surface area contributed by atoms with E-state index in [1.165, 1.54) is 0 Å². The van der Waals surface area contributed by atoms with E-state index in [0.717, 1.165) is 134 Å². The van der Waals surface area contributed by atoms with Gasteiger partial charge in [-0.15, -0.1) is 0 Å². The first kappa shape index (κ1) is 36.9. The highest BCUT2D eigenvalue weighted by molar-refractivity contribution is 6.25. The highest BCUT2D eigenvalue weighted by Crippen LogP contribution is 2.60. The van der Waals surface area contributed by atoms with Crippen molar-refractivity contribution >= 4 is 99.3 Å². The molecule has 2 aliphatic heterocycles. The zero-order chi connectivity index (χ0) is 44.5. The van der Waals surface area contributed by atoms with Gasteiger partial charge in [0.05, 0.1) is 80.0 Å². The van der Waals surface area contributed by atoms with Gasteiger partial charge < -0.3 is 28.4 Å². The molecule has 0 radical (unpaired) electrons. The molecule has 0 saturated carbocycles. The second-order valence-corrected chi connectivity index (χ2v) is 17.4. The number of ether oxygens (including phenoxy) is 2. The van der Waals surface area contributed by atoms with E-state index in [-0.39, 0.29) is 0 Å². The van der Waals surface area contributed by atoms with Gasteiger partial charge in [0.25, 0.3) is 0 Å². The summed E-state index contributed by atoms with van der Waals surface area (Å²) in [7, 11) is 0. The Kier molecular flexibility index (Phi) is 7.62. The Morgan fingerprint density at radius 3 is 1.09 bits per heavy atom. The van der Waals surface area contributed by atoms with Crippen LogP contribution in [0.4, 0.5) is 34.1 Å². The zero-order valence-corrected chi connectivity index (χ0v) is 36.3. The monoisotopic (exact) mass is 872 g/mol. The van der Waals surface area contributed by atoms with Gasteiger partial charge in [-0.3, -0.25) is 9.97 Å². The minimum atomic E-state index is 0.784. The molecule has 0 spiro atoms. The smallest absolute Gasteiger partial charge is 0.152 e. The van der Waals surface area contributed by atoms with Gasteiger partial charge in [0, 0.05) is 55.5 Å². The van der Waals surface area contributed by atoms with Gasteiger partial charge >= 0.3 is 0 Å². The van der Waals surface area contributed by atoms with Crippen molar-refractivity contribution in [3.05, 3.63) is 219 Å². The van der Waals surface area contributed by atoms with Crippen molar-refractivity contribution in [2.24, 2.45) is 0 Å². The van der Waals surface area contributed by atoms with E-state index < -0.39 is 0 Å². The van der Waals surface area contributed by atoms with E-state index in [4.69, 9.17) is 9.47 Å². The molecule has 8 heteroatoms. The fraction of sp³-hybridized carbons (Fsp3) is 0. The molecule has 4 aromatic heterocycles. The Balaban J connectivity index is 1.04. The van der Waals surface area contributed by atoms with Gasteiger partial charge in [0.1, 0.15) is 0 Å². The Morgan fingerprint density at radius 2 is 0.676 bits per heavy atom. The molecular weight excluding hydrogens is 837 g/mol. The second kappa shape index (κ2) is 14.1. The third-order valence-corrected chi connectivity index (χ3v) is 13.8. The van der Waals surface area contributed by atoms with Crippen molar-refractivity contribution in [3.63, 3.8) is 0 Å². The number of fused-ring (bicyclic) bond motifs is 12. The number of para-hydroxylation sites is 6. The van der Waals surface area contributed by atoms with E-state index in [9.17, 15) is 0 Å². The van der Waals surface area contributed by atoms with E-state index >= 15 is 0 Å². The van der Waals surface area contributed by atoms with Crippen molar-refractivity contribution in [1.29, 1.82) is 0 Å². The quantitative estimate of drug-likeness (QED) is 0.164. The maximum absolute atomic E-state index is 6.93. The van der Waals surface area contributed by atoms with Crippen LogP contribution in [-0.2, 0) is 0 Å². The molecule has 8 nitrogen and oxygen atoms in total. The Bertz CT molecular complexity index is 3910. The summed E-state index contributed by atoms with van der Waals surface area (Å²) < 4.78 is 18.5. The predicted molar refractivity (Wildman–Crippen MR) is 275 cm³/mol. The fourth-order valence-corrected chi connectivity index (χ4v) is 11.0. The van der Waals surface area contributed by atoms with Crippen molar-refractivity contribution in [2.45, 2.75) is 0 Å². The van der Waals surface area contributed by atoms with Gasteiger partial charge in [0.15, 0.2) is 23.0 Å². The molecule has 0 fully saturated rings. The molecule has 318 valence electrons. The standard InChI is InChI=1S/C60H36N6O2/c1-2-20-42-41(19-1)59(65-49-25-9-11-27-55(49)67-57-31-45-39-17-5-7-23-47(39)63(51(45)33-53(57)65)37-15-13-29-61-35-37)43-21-3-4-22-44(43)60(42)66-50-26-10-12-28-56(50)68-58-32-46-40-18-6-8-24-48(40)64(52(46)34-54(58)66)38-16-14-30-62-36-38/h1-36H. The van der Waals surface area contributed by atoms with Crippen molar-refractivity contribution in [2.75, 3.05) is 9.80 Å². The Morgan fingerprint density at radius 1 is 0.294 bits per heavy atom. The molecule has 2 aliphatic rings. The van der Waals surface area contributed by atoms with Crippen molar-refractivity contribution < 1.29 is 9.47 Å². The van der Waals surface area contributed by atoms with E-state index in [1.54, 1.807) is 0 Å². The minimum Gasteiger partial charge on any atom is -0.453 e. The third kappa shape index (κ3) is 5.13. The highest BCUT2D eigenvalue weighted by Gasteiger charge is 2.34. The molecule has 6 heterocycles. The summed E-state index contributed by atoms with van der Waals surface area (Å²) in [5.74, 6) is 3.14. The first-order valence-electron chi connectivity index (χ1n) is 22.8. The molecule has 0 unspecified atom stereocenters. The second-order valence-electron chi connectivity index (χ2n) is 17.4. The van der Waals surface area contributed by atoms with Crippen molar-refractivity contribution in [1.82, 2.24) is 19.1 Å². The lowest BCUT2D eigenvalue weighted by Crippen LogP contribution is -2.19. The normalized spacial score (nSPS) is 12.9. The van der Waals surface area contributed by atoms with Crippen LogP contribution in [0.15, 0.2) is 219 Å². The van der Waals surface area contributed by atoms with Crippen LogP contribution in [0.1, 0.15) is 0 Å². The molecule has 0 atom stereocenters. The number of aromatic nitrogens is 4. The lowest BCUT2D eigenvalue weighted by Gasteiger charge is -2.37. The SMILES string of the molecule is c1cncc(-n2c3ccccc3c3cc4c(cc32)N(c2c3ccccc3c(N3c5ccccc5Oc5cc6c7ccccc7n(-c7cccnc7)c6cc53)c3ccccc23)c2ccccc2O4)c1. The molecule has 13 aromatic rings. The molecule has 9 aromatic carbocycles. The summed E-state index contributed by atoms with van der Waals surface area (Å²) in [5.41, 5.74) is 12.2. The van der Waals surface area contributed by atoms with E-state index in [0.29, 0.717) is 0 Å². The number of hydrogen-bond donors (Lipinski definition) is 0. The number of nitrogens with zero attached hydrogens (tertiary/aromatic N) is 6. The van der Waals surface area contributed by atoms with E-state index in [2.05, 4.69) is 199 Å². The lowest BCUT2D eigenvalue weighted by molar-refractivity contribution is 0.477. The number of hydrogen-bond acceptors (Lipinski definition) is 6. The number of rotatable bonds is 4. The molecule has 15 rings (SSSR count). The molecular formula is C60H36N6O2. The van der Waals surface area contributed by atoms with Crippen LogP contribution >= 0.6 is 0 Å². The number of pyridine rings is 2. The average Bonchev–Trinajstić information content (AvgIpc) is 3.90. The van der Waals surface area contributed by atoms with Gasteiger partial charge in [-0.05, 0) is 84.9 Å². The highest BCUT2D eigenvalue weighted by atomic mass is 16.5. The first-order chi connectivity index (χ1) is 33.8. The zero-order valence-electron chi connectivity index (χ0n) is 36.3. The number of anilines is 6. The minimum absolute atomic E-state index is 0.784. The molecule has 68 heavy (non-hydrogen) atoms. The lowest BCUT2D eigenvalue weighted by atomic mass is 9.94. The first-order valence-corrected chi connectivity index (χ1v) is 22.8. The van der Waals surface area contributed by atoms with E-state index in [1.807, 2.05) is 49.1 Å². The Hall–Kier alpha value is -9.40. The summed E-state index contributed by atoms with van der Waals surface area (Å²) in [6, 6.07) is 68.8. The van der Waals surface area contributed by atoms with Crippen LogP contribution in [0.25, 0.3) is 76.5 Å².